The SMILES string of the molecule is Nc1ccc(C(=O)NNC(=O)CSCCOc2ccccc2)cc1. The molecule has 2 amide bonds. The Morgan fingerprint density at radius 3 is 2.42 bits per heavy atom. The second-order valence-electron chi connectivity index (χ2n) is 4.84. The largest absolute Gasteiger partial charge is 0.493 e. The standard InChI is InChI=1S/C17H19N3O3S/c18-14-8-6-13(7-9-14)17(22)20-19-16(21)12-24-11-10-23-15-4-2-1-3-5-15/h1-9H,10-12,18H2,(H,19,21)(H,20,22). The van der Waals surface area contributed by atoms with Gasteiger partial charge in [-0.2, -0.15) is 0 Å². The number of nitrogens with one attached hydrogen (secondary N) is 2. The summed E-state index contributed by atoms with van der Waals surface area (Å²) in [5.41, 5.74) is 11.3. The molecule has 24 heavy (non-hydrogen) atoms. The molecular formula is C17H19N3O3S. The van der Waals surface area contributed by atoms with Gasteiger partial charge in [0, 0.05) is 17.0 Å². The number of hydrogen-bond donors (Lipinski definition) is 3. The van der Waals surface area contributed by atoms with Gasteiger partial charge in [-0.15, -0.1) is 11.8 Å². The van der Waals surface area contributed by atoms with E-state index in [4.69, 9.17) is 10.5 Å². The molecular weight excluding hydrogens is 326 g/mol. The fraction of sp³-hybridized carbons (Fsp3) is 0.176. The molecule has 0 unspecified atom stereocenters. The van der Waals surface area contributed by atoms with Gasteiger partial charge in [-0.25, -0.2) is 0 Å². The average molecular weight is 345 g/mol. The lowest BCUT2D eigenvalue weighted by Crippen LogP contribution is -2.42. The minimum Gasteiger partial charge on any atom is -0.493 e. The minimum absolute atomic E-state index is 0.236. The monoisotopic (exact) mass is 345 g/mol. The average Bonchev–Trinajstić information content (AvgIpc) is 2.61. The van der Waals surface area contributed by atoms with Crippen molar-refractivity contribution in [3.8, 4) is 5.75 Å². The molecule has 2 aromatic carbocycles. The molecule has 2 aromatic rings. The molecule has 0 atom stereocenters. The summed E-state index contributed by atoms with van der Waals surface area (Å²) in [5, 5.41) is 0. The number of amides is 2. The normalized spacial score (nSPS) is 10.0. The van der Waals surface area contributed by atoms with Crippen molar-refractivity contribution in [2.24, 2.45) is 0 Å². The van der Waals surface area contributed by atoms with E-state index in [2.05, 4.69) is 10.9 Å². The summed E-state index contributed by atoms with van der Waals surface area (Å²) in [6.45, 7) is 0.514. The summed E-state index contributed by atoms with van der Waals surface area (Å²) in [6, 6.07) is 15.9. The molecule has 0 bridgehead atoms. The maximum absolute atomic E-state index is 11.8. The van der Waals surface area contributed by atoms with Crippen LogP contribution in [-0.4, -0.2) is 29.9 Å². The lowest BCUT2D eigenvalue weighted by molar-refractivity contribution is -0.119. The van der Waals surface area contributed by atoms with Gasteiger partial charge in [0.1, 0.15) is 5.75 Å². The van der Waals surface area contributed by atoms with E-state index in [-0.39, 0.29) is 17.6 Å². The molecule has 7 heteroatoms. The number of nitrogen functional groups attached to an aromatic ring is 1. The fourth-order valence-electron chi connectivity index (χ4n) is 1.77. The first-order chi connectivity index (χ1) is 11.6. The Morgan fingerprint density at radius 1 is 1.00 bits per heavy atom. The van der Waals surface area contributed by atoms with Gasteiger partial charge in [0.25, 0.3) is 5.91 Å². The minimum atomic E-state index is -0.388. The third-order valence-corrected chi connectivity index (χ3v) is 3.88. The molecule has 126 valence electrons. The molecule has 0 aliphatic carbocycles. The van der Waals surface area contributed by atoms with Crippen LogP contribution >= 0.6 is 11.8 Å². The summed E-state index contributed by atoms with van der Waals surface area (Å²) in [4.78, 5) is 23.5. The van der Waals surface area contributed by atoms with Crippen molar-refractivity contribution in [3.63, 3.8) is 0 Å². The molecule has 0 spiro atoms. The molecule has 6 nitrogen and oxygen atoms in total. The maximum atomic E-state index is 11.8. The molecule has 0 radical (unpaired) electrons. The third-order valence-electron chi connectivity index (χ3n) is 2.96. The predicted octanol–water partition coefficient (Wildman–Crippen LogP) is 1.84. The first-order valence-electron chi connectivity index (χ1n) is 7.35. The van der Waals surface area contributed by atoms with Crippen LogP contribution in [0.25, 0.3) is 0 Å². The number of para-hydroxylation sites is 1. The van der Waals surface area contributed by atoms with E-state index in [1.165, 1.54) is 11.8 Å². The van der Waals surface area contributed by atoms with Crippen molar-refractivity contribution in [1.82, 2.24) is 10.9 Å². The van der Waals surface area contributed by atoms with Crippen LogP contribution in [0.15, 0.2) is 54.6 Å². The van der Waals surface area contributed by atoms with Crippen molar-refractivity contribution in [3.05, 3.63) is 60.2 Å². The number of hydrazine groups is 1. The Labute approximate surface area is 144 Å². The van der Waals surface area contributed by atoms with Crippen LogP contribution in [0.5, 0.6) is 5.75 Å². The number of ether oxygens (including phenoxy) is 1. The molecule has 0 aromatic heterocycles. The summed E-state index contributed by atoms with van der Waals surface area (Å²) in [6.07, 6.45) is 0. The van der Waals surface area contributed by atoms with Gasteiger partial charge in [-0.3, -0.25) is 20.4 Å². The number of benzene rings is 2. The van der Waals surface area contributed by atoms with E-state index in [0.29, 0.717) is 23.6 Å². The van der Waals surface area contributed by atoms with E-state index in [0.717, 1.165) is 5.75 Å². The predicted molar refractivity (Wildman–Crippen MR) is 95.7 cm³/mol. The van der Waals surface area contributed by atoms with Gasteiger partial charge in [-0.05, 0) is 36.4 Å². The number of nitrogens with two attached hydrogens (primary N) is 1. The van der Waals surface area contributed by atoms with E-state index >= 15 is 0 Å². The Morgan fingerprint density at radius 2 is 1.71 bits per heavy atom. The van der Waals surface area contributed by atoms with Crippen LogP contribution in [0.4, 0.5) is 5.69 Å². The Bertz CT molecular complexity index is 663. The second kappa shape index (κ2) is 9.46. The van der Waals surface area contributed by atoms with Gasteiger partial charge in [0.2, 0.25) is 5.91 Å². The number of anilines is 1. The molecule has 0 aliphatic heterocycles. The third kappa shape index (κ3) is 6.21. The number of hydrogen-bond acceptors (Lipinski definition) is 5. The van der Waals surface area contributed by atoms with E-state index in [1.54, 1.807) is 24.3 Å². The summed E-state index contributed by atoms with van der Waals surface area (Å²) in [7, 11) is 0. The van der Waals surface area contributed by atoms with Gasteiger partial charge in [-0.1, -0.05) is 18.2 Å². The van der Waals surface area contributed by atoms with Crippen LogP contribution in [0, 0.1) is 0 Å². The summed E-state index contributed by atoms with van der Waals surface area (Å²) < 4.78 is 5.52. The maximum Gasteiger partial charge on any atom is 0.269 e. The molecule has 0 aliphatic rings. The number of rotatable bonds is 7. The van der Waals surface area contributed by atoms with Crippen molar-refractivity contribution < 1.29 is 14.3 Å². The topological polar surface area (TPSA) is 93.5 Å². The van der Waals surface area contributed by atoms with Crippen LogP contribution in [0.1, 0.15) is 10.4 Å². The van der Waals surface area contributed by atoms with E-state index in [9.17, 15) is 9.59 Å². The van der Waals surface area contributed by atoms with Crippen molar-refractivity contribution >= 4 is 29.3 Å². The molecule has 0 heterocycles. The van der Waals surface area contributed by atoms with Gasteiger partial charge in [0.05, 0.1) is 12.4 Å². The highest BCUT2D eigenvalue weighted by Gasteiger charge is 2.07. The zero-order valence-corrected chi connectivity index (χ0v) is 13.8. The van der Waals surface area contributed by atoms with Crippen molar-refractivity contribution in [1.29, 1.82) is 0 Å². The quantitative estimate of drug-likeness (QED) is 0.404. The zero-order chi connectivity index (χ0) is 17.2. The fourth-order valence-corrected chi connectivity index (χ4v) is 2.37. The first kappa shape index (κ1) is 17.7. The molecule has 0 saturated heterocycles. The van der Waals surface area contributed by atoms with Gasteiger partial charge >= 0.3 is 0 Å². The van der Waals surface area contributed by atoms with Crippen LogP contribution in [-0.2, 0) is 4.79 Å². The lowest BCUT2D eigenvalue weighted by Gasteiger charge is -2.08. The Kier molecular flexibility index (Phi) is 6.97. The number of thioether (sulfide) groups is 1. The molecule has 0 fully saturated rings. The second-order valence-corrected chi connectivity index (χ2v) is 5.94. The van der Waals surface area contributed by atoms with Crippen molar-refractivity contribution in [2.75, 3.05) is 23.8 Å². The van der Waals surface area contributed by atoms with Gasteiger partial charge in [0.15, 0.2) is 0 Å². The lowest BCUT2D eigenvalue weighted by atomic mass is 10.2. The number of carbonyl (C=O) groups is 2. The molecule has 2 rings (SSSR count). The zero-order valence-electron chi connectivity index (χ0n) is 13.0. The summed E-state index contributed by atoms with van der Waals surface area (Å²) >= 11 is 1.43. The molecule has 4 N–H and O–H groups in total. The van der Waals surface area contributed by atoms with Gasteiger partial charge < -0.3 is 10.5 Å². The highest BCUT2D eigenvalue weighted by Crippen LogP contribution is 2.09. The Hall–Kier alpha value is -2.67. The van der Waals surface area contributed by atoms with Crippen LogP contribution < -0.4 is 21.3 Å². The van der Waals surface area contributed by atoms with Crippen LogP contribution in [0.3, 0.4) is 0 Å². The Balaban J connectivity index is 1.58. The van der Waals surface area contributed by atoms with Crippen molar-refractivity contribution in [2.45, 2.75) is 0 Å². The highest BCUT2D eigenvalue weighted by molar-refractivity contribution is 7.99. The smallest absolute Gasteiger partial charge is 0.269 e. The highest BCUT2D eigenvalue weighted by atomic mass is 32.2. The summed E-state index contributed by atoms with van der Waals surface area (Å²) in [5.74, 6) is 1.05. The molecule has 0 saturated carbocycles. The first-order valence-corrected chi connectivity index (χ1v) is 8.51. The van der Waals surface area contributed by atoms with Crippen LogP contribution in [0.2, 0.25) is 0 Å². The van der Waals surface area contributed by atoms with E-state index < -0.39 is 0 Å². The number of carbonyl (C=O) groups excluding carboxylic acids is 2. The van der Waals surface area contributed by atoms with E-state index in [1.807, 2.05) is 30.3 Å².